The number of aliphatic hydroxyl groups is 1. The Balaban J connectivity index is 0.000001000. The largest absolute Gasteiger partial charge is 0.412 e. The van der Waals surface area contributed by atoms with Gasteiger partial charge in [0.05, 0.1) is 5.60 Å². The molecule has 0 aliphatic heterocycles. The Kier molecular flexibility index (Phi) is 3.30. The highest BCUT2D eigenvalue weighted by atomic mass is 35.5. The van der Waals surface area contributed by atoms with Gasteiger partial charge in [-0.1, -0.05) is 23.3 Å². The fourth-order valence-corrected chi connectivity index (χ4v) is 1.20. The van der Waals surface area contributed by atoms with Crippen LogP contribution in [0.4, 0.5) is 0 Å². The van der Waals surface area contributed by atoms with Gasteiger partial charge in [0.25, 0.3) is 0 Å². The van der Waals surface area contributed by atoms with Crippen LogP contribution in [-0.2, 0) is 0 Å². The van der Waals surface area contributed by atoms with Crippen LogP contribution in [0.2, 0.25) is 0 Å². The zero-order chi connectivity index (χ0) is 7.78. The van der Waals surface area contributed by atoms with E-state index in [0.29, 0.717) is 6.42 Å². The molecule has 0 bridgehead atoms. The molecule has 0 saturated carbocycles. The van der Waals surface area contributed by atoms with Gasteiger partial charge in [0, 0.05) is 11.5 Å². The maximum atomic E-state index is 9.48. The molecule has 2 nitrogen and oxygen atoms in total. The fourth-order valence-electron chi connectivity index (χ4n) is 1.08. The van der Waals surface area contributed by atoms with Gasteiger partial charge in [-0.2, -0.15) is 0 Å². The normalized spacial score (nSPS) is 30.2. The van der Waals surface area contributed by atoms with E-state index >= 15 is 0 Å². The van der Waals surface area contributed by atoms with Crippen molar-refractivity contribution in [3.05, 3.63) is 22.8 Å². The van der Waals surface area contributed by atoms with Crippen molar-refractivity contribution >= 4 is 11.6 Å². The molecule has 0 saturated heterocycles. The highest BCUT2D eigenvalue weighted by Gasteiger charge is 2.21. The van der Waals surface area contributed by atoms with Gasteiger partial charge in [0.2, 0.25) is 0 Å². The van der Waals surface area contributed by atoms with E-state index in [1.807, 2.05) is 6.92 Å². The van der Waals surface area contributed by atoms with Crippen LogP contribution in [0.15, 0.2) is 22.8 Å². The van der Waals surface area contributed by atoms with Crippen molar-refractivity contribution in [1.82, 2.24) is 0 Å². The van der Waals surface area contributed by atoms with Crippen LogP contribution in [0.1, 0.15) is 20.3 Å². The minimum absolute atomic E-state index is 0. The van der Waals surface area contributed by atoms with E-state index in [-0.39, 0.29) is 5.48 Å². The van der Waals surface area contributed by atoms with E-state index in [4.69, 9.17) is 11.6 Å². The standard InChI is InChI=1S/C8H11ClO.H2O/c1-6-5-8(2,10)4-3-7(6)9;/h3-4,10H,5H2,1-2H3;1H2. The average Bonchev–Trinajstić information content (AvgIpc) is 1.79. The van der Waals surface area contributed by atoms with Gasteiger partial charge in [-0.25, -0.2) is 0 Å². The van der Waals surface area contributed by atoms with Gasteiger partial charge < -0.3 is 10.6 Å². The molecule has 1 aliphatic carbocycles. The topological polar surface area (TPSA) is 51.7 Å². The summed E-state index contributed by atoms with van der Waals surface area (Å²) < 4.78 is 0. The van der Waals surface area contributed by atoms with Crippen LogP contribution in [0.5, 0.6) is 0 Å². The summed E-state index contributed by atoms with van der Waals surface area (Å²) in [5.41, 5.74) is 0.358. The highest BCUT2D eigenvalue weighted by molar-refractivity contribution is 6.31. The lowest BCUT2D eigenvalue weighted by atomic mass is 9.93. The van der Waals surface area contributed by atoms with E-state index in [1.165, 1.54) is 0 Å². The Morgan fingerprint density at radius 2 is 2.18 bits per heavy atom. The molecule has 0 fully saturated rings. The summed E-state index contributed by atoms with van der Waals surface area (Å²) in [6.07, 6.45) is 4.12. The molecule has 0 heterocycles. The van der Waals surface area contributed by atoms with Gasteiger partial charge >= 0.3 is 0 Å². The van der Waals surface area contributed by atoms with Gasteiger partial charge in [0.15, 0.2) is 0 Å². The van der Waals surface area contributed by atoms with Crippen LogP contribution in [-0.4, -0.2) is 16.2 Å². The van der Waals surface area contributed by atoms with Crippen molar-refractivity contribution in [2.75, 3.05) is 0 Å². The molecule has 0 amide bonds. The van der Waals surface area contributed by atoms with Gasteiger partial charge in [0.1, 0.15) is 0 Å². The summed E-state index contributed by atoms with van der Waals surface area (Å²) in [6, 6.07) is 0. The molecular formula is C8H13ClO2. The zero-order valence-corrected chi connectivity index (χ0v) is 7.44. The second kappa shape index (κ2) is 3.39. The van der Waals surface area contributed by atoms with E-state index in [0.717, 1.165) is 10.6 Å². The summed E-state index contributed by atoms with van der Waals surface area (Å²) >= 11 is 5.78. The number of hydrogen-bond acceptors (Lipinski definition) is 1. The predicted octanol–water partition coefficient (Wildman–Crippen LogP) is 1.39. The van der Waals surface area contributed by atoms with Gasteiger partial charge in [-0.3, -0.25) is 0 Å². The van der Waals surface area contributed by atoms with Crippen molar-refractivity contribution in [3.63, 3.8) is 0 Å². The van der Waals surface area contributed by atoms with E-state index in [9.17, 15) is 5.11 Å². The molecule has 3 heteroatoms. The minimum atomic E-state index is -0.692. The Morgan fingerprint density at radius 1 is 1.64 bits per heavy atom. The van der Waals surface area contributed by atoms with Crippen LogP contribution >= 0.6 is 11.6 Å². The third kappa shape index (κ3) is 2.66. The SMILES string of the molecule is CC1=C(Cl)C=CC(C)(O)C1.O. The molecule has 0 aromatic carbocycles. The molecule has 11 heavy (non-hydrogen) atoms. The molecular weight excluding hydrogens is 164 g/mol. The van der Waals surface area contributed by atoms with Crippen LogP contribution in [0.25, 0.3) is 0 Å². The molecule has 0 aromatic heterocycles. The lowest BCUT2D eigenvalue weighted by Crippen LogP contribution is -2.23. The first-order chi connectivity index (χ1) is 4.51. The highest BCUT2D eigenvalue weighted by Crippen LogP contribution is 2.27. The lowest BCUT2D eigenvalue weighted by Gasteiger charge is -2.23. The first-order valence-electron chi connectivity index (χ1n) is 3.28. The third-order valence-corrected chi connectivity index (χ3v) is 2.07. The zero-order valence-electron chi connectivity index (χ0n) is 6.69. The Bertz CT molecular complexity index is 204. The summed E-state index contributed by atoms with van der Waals surface area (Å²) in [4.78, 5) is 0. The predicted molar refractivity (Wildman–Crippen MR) is 46.5 cm³/mol. The van der Waals surface area contributed by atoms with Crippen LogP contribution in [0.3, 0.4) is 0 Å². The van der Waals surface area contributed by atoms with Crippen molar-refractivity contribution in [2.45, 2.75) is 25.9 Å². The fraction of sp³-hybridized carbons (Fsp3) is 0.500. The summed E-state index contributed by atoms with van der Waals surface area (Å²) in [5.74, 6) is 0. The first-order valence-corrected chi connectivity index (χ1v) is 3.66. The molecule has 3 N–H and O–H groups in total. The van der Waals surface area contributed by atoms with Crippen LogP contribution in [0, 0.1) is 0 Å². The molecule has 0 radical (unpaired) electrons. The smallest absolute Gasteiger partial charge is 0.0840 e. The van der Waals surface area contributed by atoms with Crippen molar-refractivity contribution in [2.24, 2.45) is 0 Å². The molecule has 64 valence electrons. The Hall–Kier alpha value is -0.310. The van der Waals surface area contributed by atoms with E-state index in [1.54, 1.807) is 19.1 Å². The number of rotatable bonds is 0. The van der Waals surface area contributed by atoms with Crippen molar-refractivity contribution in [3.8, 4) is 0 Å². The van der Waals surface area contributed by atoms with Gasteiger partial charge in [-0.15, -0.1) is 0 Å². The second-order valence-corrected chi connectivity index (χ2v) is 3.40. The Labute approximate surface area is 71.5 Å². The number of halogens is 1. The van der Waals surface area contributed by atoms with Crippen LogP contribution < -0.4 is 0 Å². The molecule has 1 rings (SSSR count). The van der Waals surface area contributed by atoms with Crippen molar-refractivity contribution in [1.29, 1.82) is 0 Å². The maximum absolute atomic E-state index is 9.48. The summed E-state index contributed by atoms with van der Waals surface area (Å²) in [6.45, 7) is 3.70. The first kappa shape index (κ1) is 10.7. The quantitative estimate of drug-likeness (QED) is 0.596. The van der Waals surface area contributed by atoms with E-state index < -0.39 is 5.60 Å². The van der Waals surface area contributed by atoms with Crippen molar-refractivity contribution < 1.29 is 10.6 Å². The molecule has 1 atom stereocenters. The Morgan fingerprint density at radius 3 is 2.55 bits per heavy atom. The van der Waals surface area contributed by atoms with E-state index in [2.05, 4.69) is 0 Å². The molecule has 0 spiro atoms. The third-order valence-electron chi connectivity index (χ3n) is 1.62. The second-order valence-electron chi connectivity index (χ2n) is 3.00. The summed E-state index contributed by atoms with van der Waals surface area (Å²) in [7, 11) is 0. The maximum Gasteiger partial charge on any atom is 0.0840 e. The lowest BCUT2D eigenvalue weighted by molar-refractivity contribution is 0.110. The molecule has 1 aliphatic rings. The monoisotopic (exact) mass is 176 g/mol. The summed E-state index contributed by atoms with van der Waals surface area (Å²) in [5, 5.41) is 10.2. The molecule has 1 unspecified atom stereocenters. The number of hydrogen-bond donors (Lipinski definition) is 1. The average molecular weight is 177 g/mol. The molecule has 0 aromatic rings. The number of allylic oxidation sites excluding steroid dienone is 2. The van der Waals surface area contributed by atoms with Gasteiger partial charge in [-0.05, 0) is 19.9 Å². The minimum Gasteiger partial charge on any atom is -0.412 e.